The molecular formula is C14H11BrF2N2O2. The monoisotopic (exact) mass is 356 g/mol. The number of rotatable bonds is 4. The molecule has 1 aromatic carbocycles. The summed E-state index contributed by atoms with van der Waals surface area (Å²) in [5, 5.41) is 2.77. The van der Waals surface area contributed by atoms with Crippen molar-refractivity contribution in [3.8, 4) is 0 Å². The van der Waals surface area contributed by atoms with Crippen LogP contribution >= 0.6 is 15.9 Å². The first-order chi connectivity index (χ1) is 10.0. The molecule has 1 aromatic heterocycles. The maximum absolute atomic E-state index is 13.7. The molecule has 21 heavy (non-hydrogen) atoms. The maximum Gasteiger partial charge on any atom is 0.340 e. The second-order valence-electron chi connectivity index (χ2n) is 4.11. The van der Waals surface area contributed by atoms with Gasteiger partial charge in [-0.1, -0.05) is 6.07 Å². The lowest BCUT2D eigenvalue weighted by Crippen LogP contribution is -2.09. The van der Waals surface area contributed by atoms with Gasteiger partial charge in [0.1, 0.15) is 16.2 Å². The van der Waals surface area contributed by atoms with Crippen molar-refractivity contribution in [1.29, 1.82) is 0 Å². The third kappa shape index (κ3) is 3.75. The van der Waals surface area contributed by atoms with E-state index in [1.54, 1.807) is 18.2 Å². The summed E-state index contributed by atoms with van der Waals surface area (Å²) in [6.07, 6.45) is 0. The zero-order valence-corrected chi connectivity index (χ0v) is 12.6. The molecule has 0 bridgehead atoms. The van der Waals surface area contributed by atoms with Crippen LogP contribution < -0.4 is 5.32 Å². The van der Waals surface area contributed by atoms with Crippen LogP contribution in [0.1, 0.15) is 16.1 Å². The Hall–Kier alpha value is -2.02. The molecule has 0 fully saturated rings. The van der Waals surface area contributed by atoms with Crippen LogP contribution in [0.3, 0.4) is 0 Å². The molecule has 0 aliphatic heterocycles. The number of anilines is 1. The molecule has 1 N–H and O–H groups in total. The summed E-state index contributed by atoms with van der Waals surface area (Å²) < 4.78 is 32.3. The second-order valence-corrected chi connectivity index (χ2v) is 4.92. The lowest BCUT2D eigenvalue weighted by molar-refractivity contribution is 0.0595. The standard InChI is InChI=1S/C14H11BrF2N2O2/c1-21-14(20)9-5-12(11(17)6-10(9)16)18-7-8-3-2-4-13(15)19-8/h2-6,18H,7H2,1H3. The number of benzene rings is 1. The molecule has 4 nitrogen and oxygen atoms in total. The molecule has 0 radical (unpaired) electrons. The first kappa shape index (κ1) is 15.4. The van der Waals surface area contributed by atoms with Crippen LogP contribution in [0.4, 0.5) is 14.5 Å². The SMILES string of the molecule is COC(=O)c1cc(NCc2cccc(Br)n2)c(F)cc1F. The molecule has 0 aliphatic carbocycles. The summed E-state index contributed by atoms with van der Waals surface area (Å²) in [5.41, 5.74) is 0.329. The van der Waals surface area contributed by atoms with E-state index in [4.69, 9.17) is 0 Å². The Bertz CT molecular complexity index is 680. The fourth-order valence-electron chi connectivity index (χ4n) is 1.69. The Labute approximate surface area is 128 Å². The average Bonchev–Trinajstić information content (AvgIpc) is 2.45. The number of hydrogen-bond acceptors (Lipinski definition) is 4. The van der Waals surface area contributed by atoms with Crippen molar-refractivity contribution in [2.45, 2.75) is 6.54 Å². The zero-order chi connectivity index (χ0) is 15.4. The van der Waals surface area contributed by atoms with Gasteiger partial charge in [0.25, 0.3) is 0 Å². The van der Waals surface area contributed by atoms with Crippen molar-refractivity contribution >= 4 is 27.6 Å². The third-order valence-corrected chi connectivity index (χ3v) is 3.14. The molecule has 2 aromatic rings. The summed E-state index contributed by atoms with van der Waals surface area (Å²) in [6, 6.07) is 7.02. The van der Waals surface area contributed by atoms with E-state index in [-0.39, 0.29) is 17.8 Å². The summed E-state index contributed by atoms with van der Waals surface area (Å²) in [5.74, 6) is -2.63. The van der Waals surface area contributed by atoms with E-state index >= 15 is 0 Å². The predicted molar refractivity (Wildman–Crippen MR) is 77.0 cm³/mol. The maximum atomic E-state index is 13.7. The summed E-state index contributed by atoms with van der Waals surface area (Å²) in [4.78, 5) is 15.6. The van der Waals surface area contributed by atoms with Crippen LogP contribution in [0.2, 0.25) is 0 Å². The van der Waals surface area contributed by atoms with Crippen molar-refractivity contribution in [3.63, 3.8) is 0 Å². The quantitative estimate of drug-likeness (QED) is 0.672. The highest BCUT2D eigenvalue weighted by Crippen LogP contribution is 2.21. The number of aromatic nitrogens is 1. The Morgan fingerprint density at radius 2 is 2.10 bits per heavy atom. The lowest BCUT2D eigenvalue weighted by Gasteiger charge is -2.10. The number of nitrogens with zero attached hydrogens (tertiary/aromatic N) is 1. The Kier molecular flexibility index (Phi) is 4.85. The van der Waals surface area contributed by atoms with Crippen LogP contribution in [0.5, 0.6) is 0 Å². The van der Waals surface area contributed by atoms with Crippen LogP contribution in [0.15, 0.2) is 34.9 Å². The smallest absolute Gasteiger partial charge is 0.340 e. The zero-order valence-electron chi connectivity index (χ0n) is 11.0. The minimum atomic E-state index is -0.967. The van der Waals surface area contributed by atoms with E-state index in [0.717, 1.165) is 13.2 Å². The van der Waals surface area contributed by atoms with Crippen molar-refractivity contribution in [1.82, 2.24) is 4.98 Å². The highest BCUT2D eigenvalue weighted by Gasteiger charge is 2.16. The van der Waals surface area contributed by atoms with Crippen molar-refractivity contribution in [2.75, 3.05) is 12.4 Å². The molecule has 1 heterocycles. The van der Waals surface area contributed by atoms with Gasteiger partial charge < -0.3 is 10.1 Å². The number of pyridine rings is 1. The van der Waals surface area contributed by atoms with E-state index in [1.807, 2.05) is 0 Å². The van der Waals surface area contributed by atoms with E-state index < -0.39 is 17.6 Å². The minimum absolute atomic E-state index is 0.00132. The van der Waals surface area contributed by atoms with E-state index in [1.165, 1.54) is 0 Å². The predicted octanol–water partition coefficient (Wildman–Crippen LogP) is 3.52. The number of carbonyl (C=O) groups excluding carboxylic acids is 1. The number of esters is 1. The van der Waals surface area contributed by atoms with Gasteiger partial charge in [0.15, 0.2) is 0 Å². The van der Waals surface area contributed by atoms with Gasteiger partial charge >= 0.3 is 5.97 Å². The van der Waals surface area contributed by atoms with Gasteiger partial charge in [-0.05, 0) is 34.1 Å². The lowest BCUT2D eigenvalue weighted by atomic mass is 10.1. The highest BCUT2D eigenvalue weighted by molar-refractivity contribution is 9.10. The average molecular weight is 357 g/mol. The normalized spacial score (nSPS) is 10.3. The van der Waals surface area contributed by atoms with Crippen LogP contribution in [-0.2, 0) is 11.3 Å². The van der Waals surface area contributed by atoms with Gasteiger partial charge in [0, 0.05) is 6.07 Å². The topological polar surface area (TPSA) is 51.2 Å². The number of ether oxygens (including phenoxy) is 1. The van der Waals surface area contributed by atoms with Gasteiger partial charge in [-0.3, -0.25) is 0 Å². The van der Waals surface area contributed by atoms with Crippen molar-refractivity contribution in [2.24, 2.45) is 0 Å². The van der Waals surface area contributed by atoms with Gasteiger partial charge in [-0.25, -0.2) is 18.6 Å². The summed E-state index contributed by atoms with van der Waals surface area (Å²) in [7, 11) is 1.13. The van der Waals surface area contributed by atoms with Gasteiger partial charge in [-0.15, -0.1) is 0 Å². The molecule has 7 heteroatoms. The fourth-order valence-corrected chi connectivity index (χ4v) is 2.07. The molecule has 0 unspecified atom stereocenters. The molecule has 110 valence electrons. The van der Waals surface area contributed by atoms with Gasteiger partial charge in [0.05, 0.1) is 30.6 Å². The first-order valence-electron chi connectivity index (χ1n) is 5.94. The van der Waals surface area contributed by atoms with Crippen molar-refractivity contribution in [3.05, 3.63) is 57.8 Å². The van der Waals surface area contributed by atoms with E-state index in [9.17, 15) is 13.6 Å². The number of nitrogens with one attached hydrogen (secondary N) is 1. The molecule has 0 saturated carbocycles. The minimum Gasteiger partial charge on any atom is -0.465 e. The van der Waals surface area contributed by atoms with Gasteiger partial charge in [0.2, 0.25) is 0 Å². The molecular weight excluding hydrogens is 346 g/mol. The summed E-state index contributed by atoms with van der Waals surface area (Å²) >= 11 is 3.23. The summed E-state index contributed by atoms with van der Waals surface area (Å²) in [6.45, 7) is 0.225. The van der Waals surface area contributed by atoms with Crippen LogP contribution in [-0.4, -0.2) is 18.1 Å². The number of carbonyl (C=O) groups is 1. The molecule has 0 saturated heterocycles. The van der Waals surface area contributed by atoms with Gasteiger partial charge in [-0.2, -0.15) is 0 Å². The van der Waals surface area contributed by atoms with Crippen LogP contribution in [0, 0.1) is 11.6 Å². The molecule has 0 amide bonds. The molecule has 0 aliphatic rings. The number of methoxy groups -OCH3 is 1. The second kappa shape index (κ2) is 6.62. The van der Waals surface area contributed by atoms with E-state index in [0.29, 0.717) is 16.4 Å². The Morgan fingerprint density at radius 1 is 1.33 bits per heavy atom. The van der Waals surface area contributed by atoms with E-state index in [2.05, 4.69) is 31.0 Å². The highest BCUT2D eigenvalue weighted by atomic mass is 79.9. The number of hydrogen-bond donors (Lipinski definition) is 1. The van der Waals surface area contributed by atoms with Crippen molar-refractivity contribution < 1.29 is 18.3 Å². The molecule has 2 rings (SSSR count). The fraction of sp³-hybridized carbons (Fsp3) is 0.143. The Morgan fingerprint density at radius 3 is 2.76 bits per heavy atom. The largest absolute Gasteiger partial charge is 0.465 e. The Balaban J connectivity index is 2.21. The first-order valence-corrected chi connectivity index (χ1v) is 6.73. The third-order valence-electron chi connectivity index (χ3n) is 2.69. The molecule has 0 atom stereocenters. The number of halogens is 3. The van der Waals surface area contributed by atoms with Crippen LogP contribution in [0.25, 0.3) is 0 Å². The molecule has 0 spiro atoms.